The zero-order valence-corrected chi connectivity index (χ0v) is 18.1. The van der Waals surface area contributed by atoms with Gasteiger partial charge >= 0.3 is 12.1 Å². The monoisotopic (exact) mass is 415 g/mol. The van der Waals surface area contributed by atoms with Gasteiger partial charge in [-0.1, -0.05) is 36.4 Å². The average molecular weight is 415 g/mol. The Balaban J connectivity index is 2.14. The second kappa shape index (κ2) is 9.61. The number of nitrogens with zero attached hydrogens (tertiary/aromatic N) is 1. The smallest absolute Gasteiger partial charge is 0.464 e. The van der Waals surface area contributed by atoms with Gasteiger partial charge in [-0.3, -0.25) is 4.79 Å². The van der Waals surface area contributed by atoms with E-state index in [9.17, 15) is 14.4 Å². The normalized spacial score (nSPS) is 18.2. The maximum absolute atomic E-state index is 13.0. The Morgan fingerprint density at radius 1 is 1.20 bits per heavy atom. The van der Waals surface area contributed by atoms with Crippen molar-refractivity contribution >= 4 is 18.0 Å². The number of likely N-dealkylation sites (tertiary alicyclic amines) is 1. The van der Waals surface area contributed by atoms with Crippen LogP contribution in [0.3, 0.4) is 0 Å². The Bertz CT molecular complexity index is 839. The molecule has 7 heteroatoms. The summed E-state index contributed by atoms with van der Waals surface area (Å²) in [5.74, 6) is -1.56. The van der Waals surface area contributed by atoms with Gasteiger partial charge in [-0.15, -0.1) is 6.58 Å². The second-order valence-corrected chi connectivity index (χ2v) is 7.85. The van der Waals surface area contributed by atoms with E-state index in [2.05, 4.69) is 6.58 Å². The number of ether oxygens (including phenoxy) is 3. The van der Waals surface area contributed by atoms with E-state index in [1.54, 1.807) is 33.8 Å². The highest BCUT2D eigenvalue weighted by atomic mass is 16.7. The van der Waals surface area contributed by atoms with Crippen LogP contribution in [0.5, 0.6) is 0 Å². The highest BCUT2D eigenvalue weighted by Crippen LogP contribution is 2.42. The molecule has 1 saturated heterocycles. The van der Waals surface area contributed by atoms with E-state index in [-0.39, 0.29) is 18.2 Å². The zero-order valence-electron chi connectivity index (χ0n) is 18.1. The first-order chi connectivity index (χ1) is 14.1. The standard InChI is InChI=1S/C23H29NO6/c1-7-11-17-18(20(25)24(17)19(15(2)3)21(26)28-6)23(4,5)30-22(27)29-14-16-12-9-8-10-13-16/h7-10,12-13,17-18H,1,11,14H2,2-6H3. The topological polar surface area (TPSA) is 82.1 Å². The van der Waals surface area contributed by atoms with E-state index in [0.717, 1.165) is 5.56 Å². The van der Waals surface area contributed by atoms with Gasteiger partial charge in [-0.2, -0.15) is 0 Å². The van der Waals surface area contributed by atoms with Crippen LogP contribution in [-0.4, -0.2) is 41.7 Å². The first-order valence-electron chi connectivity index (χ1n) is 9.73. The van der Waals surface area contributed by atoms with Gasteiger partial charge in [0, 0.05) is 0 Å². The molecule has 1 aliphatic heterocycles. The van der Waals surface area contributed by atoms with Crippen molar-refractivity contribution in [1.29, 1.82) is 0 Å². The molecule has 2 atom stereocenters. The number of carbonyl (C=O) groups is 3. The lowest BCUT2D eigenvalue weighted by Crippen LogP contribution is -2.68. The van der Waals surface area contributed by atoms with Crippen LogP contribution in [0, 0.1) is 5.92 Å². The Kier molecular flexibility index (Phi) is 7.43. The molecular weight excluding hydrogens is 386 g/mol. The first-order valence-corrected chi connectivity index (χ1v) is 9.73. The van der Waals surface area contributed by atoms with Gasteiger partial charge in [0.05, 0.1) is 19.1 Å². The summed E-state index contributed by atoms with van der Waals surface area (Å²) in [6.07, 6.45) is 1.24. The number of rotatable bonds is 8. The van der Waals surface area contributed by atoms with E-state index in [4.69, 9.17) is 14.2 Å². The molecule has 30 heavy (non-hydrogen) atoms. The van der Waals surface area contributed by atoms with E-state index in [0.29, 0.717) is 12.0 Å². The van der Waals surface area contributed by atoms with Crippen LogP contribution in [0.25, 0.3) is 0 Å². The molecule has 7 nitrogen and oxygen atoms in total. The molecule has 1 fully saturated rings. The van der Waals surface area contributed by atoms with Crippen molar-refractivity contribution in [2.24, 2.45) is 5.92 Å². The number of methoxy groups -OCH3 is 1. The van der Waals surface area contributed by atoms with Gasteiger partial charge in [0.15, 0.2) is 0 Å². The van der Waals surface area contributed by atoms with Crippen LogP contribution in [-0.2, 0) is 30.4 Å². The molecular formula is C23H29NO6. The predicted molar refractivity (Wildman–Crippen MR) is 111 cm³/mol. The maximum Gasteiger partial charge on any atom is 0.509 e. The third-order valence-electron chi connectivity index (χ3n) is 5.02. The first kappa shape index (κ1) is 23.2. The number of esters is 1. The molecule has 0 N–H and O–H groups in total. The minimum atomic E-state index is -1.14. The van der Waals surface area contributed by atoms with E-state index in [1.807, 2.05) is 30.3 Å². The number of hydrogen-bond donors (Lipinski definition) is 0. The number of allylic oxidation sites excluding steroid dienone is 1. The Morgan fingerprint density at radius 3 is 2.37 bits per heavy atom. The van der Waals surface area contributed by atoms with Gasteiger partial charge in [0.25, 0.3) is 0 Å². The van der Waals surface area contributed by atoms with Crippen molar-refractivity contribution in [2.45, 2.75) is 52.4 Å². The highest BCUT2D eigenvalue weighted by Gasteiger charge is 2.58. The molecule has 0 saturated carbocycles. The molecule has 0 aliphatic carbocycles. The molecule has 0 radical (unpaired) electrons. The van der Waals surface area contributed by atoms with Gasteiger partial charge in [0.1, 0.15) is 17.9 Å². The van der Waals surface area contributed by atoms with E-state index < -0.39 is 29.7 Å². The van der Waals surface area contributed by atoms with E-state index in [1.165, 1.54) is 12.0 Å². The minimum Gasteiger partial charge on any atom is -0.464 e. The Hall–Kier alpha value is -3.09. The summed E-state index contributed by atoms with van der Waals surface area (Å²) in [7, 11) is 1.27. The summed E-state index contributed by atoms with van der Waals surface area (Å²) in [6, 6.07) is 8.83. The van der Waals surface area contributed by atoms with Crippen LogP contribution in [0.1, 0.15) is 39.7 Å². The third kappa shape index (κ3) is 4.90. The quantitative estimate of drug-likeness (QED) is 0.276. The number of β-lactam (4-membered cyclic amide) rings is 1. The zero-order chi connectivity index (χ0) is 22.5. The van der Waals surface area contributed by atoms with Gasteiger partial charge in [0.2, 0.25) is 5.91 Å². The number of hydrogen-bond acceptors (Lipinski definition) is 6. The van der Waals surface area contributed by atoms with Crippen molar-refractivity contribution in [3.63, 3.8) is 0 Å². The van der Waals surface area contributed by atoms with Crippen LogP contribution in [0.2, 0.25) is 0 Å². The Morgan fingerprint density at radius 2 is 1.83 bits per heavy atom. The number of benzene rings is 1. The lowest BCUT2D eigenvalue weighted by atomic mass is 9.74. The maximum atomic E-state index is 13.0. The lowest BCUT2D eigenvalue weighted by Gasteiger charge is -2.52. The molecule has 1 aromatic rings. The highest BCUT2D eigenvalue weighted by molar-refractivity contribution is 5.99. The van der Waals surface area contributed by atoms with Crippen molar-refractivity contribution in [3.05, 3.63) is 59.8 Å². The van der Waals surface area contributed by atoms with Crippen molar-refractivity contribution in [3.8, 4) is 0 Å². The van der Waals surface area contributed by atoms with Crippen molar-refractivity contribution in [1.82, 2.24) is 4.90 Å². The molecule has 1 amide bonds. The Labute approximate surface area is 177 Å². The molecule has 1 heterocycles. The number of carbonyl (C=O) groups excluding carboxylic acids is 3. The summed E-state index contributed by atoms with van der Waals surface area (Å²) in [4.78, 5) is 38.9. The summed E-state index contributed by atoms with van der Waals surface area (Å²) in [6.45, 7) is 10.6. The molecule has 1 aromatic carbocycles. The van der Waals surface area contributed by atoms with E-state index >= 15 is 0 Å². The lowest BCUT2D eigenvalue weighted by molar-refractivity contribution is -0.174. The van der Waals surface area contributed by atoms with Crippen LogP contribution >= 0.6 is 0 Å². The fourth-order valence-electron chi connectivity index (χ4n) is 3.66. The van der Waals surface area contributed by atoms with Crippen molar-refractivity contribution in [2.75, 3.05) is 7.11 Å². The summed E-state index contributed by atoms with van der Waals surface area (Å²) >= 11 is 0. The predicted octanol–water partition coefficient (Wildman–Crippen LogP) is 3.99. The third-order valence-corrected chi connectivity index (χ3v) is 5.02. The summed E-state index contributed by atoms with van der Waals surface area (Å²) < 4.78 is 15.5. The summed E-state index contributed by atoms with van der Waals surface area (Å²) in [5, 5.41) is 0. The average Bonchev–Trinajstić information content (AvgIpc) is 2.69. The fourth-order valence-corrected chi connectivity index (χ4v) is 3.66. The van der Waals surface area contributed by atoms with Crippen LogP contribution < -0.4 is 0 Å². The minimum absolute atomic E-state index is 0.0703. The molecule has 162 valence electrons. The molecule has 0 spiro atoms. The molecule has 0 aromatic heterocycles. The van der Waals surface area contributed by atoms with Crippen LogP contribution in [0.4, 0.5) is 4.79 Å². The molecule has 2 unspecified atom stereocenters. The van der Waals surface area contributed by atoms with Gasteiger partial charge < -0.3 is 19.1 Å². The second-order valence-electron chi connectivity index (χ2n) is 7.85. The fraction of sp³-hybridized carbons (Fsp3) is 0.435. The molecule has 2 rings (SSSR count). The number of amides is 1. The molecule has 0 bridgehead atoms. The largest absolute Gasteiger partial charge is 0.509 e. The SMILES string of the molecule is C=CCC1C(C(C)(C)OC(=O)OCc2ccccc2)C(=O)N1C(C(=O)OC)=C(C)C. The van der Waals surface area contributed by atoms with Crippen molar-refractivity contribution < 1.29 is 28.6 Å². The summed E-state index contributed by atoms with van der Waals surface area (Å²) in [5.41, 5.74) is 0.545. The molecule has 1 aliphatic rings. The van der Waals surface area contributed by atoms with Crippen LogP contribution in [0.15, 0.2) is 54.3 Å². The van der Waals surface area contributed by atoms with Gasteiger partial charge in [-0.25, -0.2) is 9.59 Å². The van der Waals surface area contributed by atoms with Gasteiger partial charge in [-0.05, 0) is 45.3 Å².